The van der Waals surface area contributed by atoms with Crippen LogP contribution in [0, 0.1) is 0 Å². The first kappa shape index (κ1) is 20.5. The third-order valence-corrected chi connectivity index (χ3v) is 6.98. The molecule has 2 aromatic rings. The molecule has 1 aliphatic heterocycles. The lowest BCUT2D eigenvalue weighted by Gasteiger charge is -2.21. The summed E-state index contributed by atoms with van der Waals surface area (Å²) in [4.78, 5) is 12.8. The summed E-state index contributed by atoms with van der Waals surface area (Å²) < 4.78 is 38.3. The Hall–Kier alpha value is -2.23. The van der Waals surface area contributed by atoms with Crippen molar-refractivity contribution in [3.63, 3.8) is 0 Å². The van der Waals surface area contributed by atoms with E-state index in [1.807, 2.05) is 19.1 Å². The fourth-order valence-electron chi connectivity index (χ4n) is 2.80. The third-order valence-electron chi connectivity index (χ3n) is 4.35. The summed E-state index contributed by atoms with van der Waals surface area (Å²) in [5.41, 5.74) is 1.44. The molecular formula is C19H22N2O5S2. The number of thioether (sulfide) groups is 1. The molecule has 0 spiro atoms. The molecule has 0 aliphatic carbocycles. The van der Waals surface area contributed by atoms with E-state index in [1.165, 1.54) is 17.8 Å². The maximum Gasteiger partial charge on any atom is 0.240 e. The molecule has 2 N–H and O–H groups in total. The lowest BCUT2D eigenvalue weighted by Crippen LogP contribution is -2.28. The Morgan fingerprint density at radius 1 is 1.11 bits per heavy atom. The average Bonchev–Trinajstić information content (AvgIpc) is 2.68. The van der Waals surface area contributed by atoms with Crippen LogP contribution < -0.4 is 19.5 Å². The van der Waals surface area contributed by atoms with Crippen molar-refractivity contribution < 1.29 is 22.7 Å². The van der Waals surface area contributed by atoms with Crippen LogP contribution in [0.25, 0.3) is 0 Å². The summed E-state index contributed by atoms with van der Waals surface area (Å²) in [5, 5.41) is 2.55. The summed E-state index contributed by atoms with van der Waals surface area (Å²) >= 11 is 1.41. The molecule has 1 atom stereocenters. The first-order chi connectivity index (χ1) is 13.3. The van der Waals surface area contributed by atoms with Crippen molar-refractivity contribution in [3.05, 3.63) is 42.0 Å². The molecule has 0 fully saturated rings. The van der Waals surface area contributed by atoms with E-state index in [-0.39, 0.29) is 22.6 Å². The molecular weight excluding hydrogens is 400 g/mol. The fourth-order valence-corrected chi connectivity index (χ4v) is 4.79. The zero-order chi connectivity index (χ0) is 20.3. The fraction of sp³-hybridized carbons (Fsp3) is 0.316. The van der Waals surface area contributed by atoms with Gasteiger partial charge in [0.15, 0.2) is 11.5 Å². The van der Waals surface area contributed by atoms with Gasteiger partial charge in [0.1, 0.15) is 0 Å². The van der Waals surface area contributed by atoms with Crippen LogP contribution in [-0.4, -0.2) is 40.3 Å². The molecule has 0 radical (unpaired) electrons. The second kappa shape index (κ2) is 8.42. The Labute approximate surface area is 168 Å². The third kappa shape index (κ3) is 4.43. The predicted molar refractivity (Wildman–Crippen MR) is 109 cm³/mol. The van der Waals surface area contributed by atoms with E-state index in [9.17, 15) is 13.2 Å². The molecule has 0 saturated carbocycles. The number of ether oxygens (including phenoxy) is 2. The first-order valence-corrected chi connectivity index (χ1v) is 11.0. The van der Waals surface area contributed by atoms with Crippen LogP contribution in [0.5, 0.6) is 11.5 Å². The van der Waals surface area contributed by atoms with Crippen LogP contribution in [0.2, 0.25) is 0 Å². The Morgan fingerprint density at radius 2 is 1.86 bits per heavy atom. The topological polar surface area (TPSA) is 93.7 Å². The number of fused-ring (bicyclic) bond motifs is 1. The highest BCUT2D eigenvalue weighted by atomic mass is 32.2. The molecule has 1 aliphatic rings. The van der Waals surface area contributed by atoms with E-state index in [1.54, 1.807) is 32.4 Å². The summed E-state index contributed by atoms with van der Waals surface area (Å²) in [7, 11) is -0.575. The van der Waals surface area contributed by atoms with Gasteiger partial charge in [-0.3, -0.25) is 4.79 Å². The Bertz CT molecular complexity index is 992. The van der Waals surface area contributed by atoms with Gasteiger partial charge in [0.05, 0.1) is 30.1 Å². The van der Waals surface area contributed by atoms with Gasteiger partial charge in [-0.15, -0.1) is 11.8 Å². The highest BCUT2D eigenvalue weighted by molar-refractivity contribution is 8.01. The van der Waals surface area contributed by atoms with Gasteiger partial charge >= 0.3 is 0 Å². The molecule has 1 heterocycles. The Balaban J connectivity index is 1.68. The van der Waals surface area contributed by atoms with Crippen LogP contribution in [0.1, 0.15) is 12.5 Å². The summed E-state index contributed by atoms with van der Waals surface area (Å²) in [5.74, 6) is 1.09. The molecule has 0 bridgehead atoms. The van der Waals surface area contributed by atoms with E-state index in [2.05, 4.69) is 10.0 Å². The standard InChI is InChI=1S/C19H22N2O5S2/c1-12-19(22)21-15-11-14(5-7-18(15)27-12)28(23,24)20-9-8-13-4-6-16(25-2)17(10-13)26-3/h4-7,10-12,20H,8-9H2,1-3H3,(H,21,22)/t12-/m1/s1. The minimum Gasteiger partial charge on any atom is -0.493 e. The van der Waals surface area contributed by atoms with Crippen molar-refractivity contribution >= 4 is 33.4 Å². The highest BCUT2D eigenvalue weighted by Gasteiger charge is 2.25. The summed E-state index contributed by atoms with van der Waals surface area (Å²) in [6.45, 7) is 2.04. The number of nitrogens with one attached hydrogen (secondary N) is 2. The molecule has 0 aromatic heterocycles. The van der Waals surface area contributed by atoms with Crippen molar-refractivity contribution in [2.45, 2.75) is 28.4 Å². The van der Waals surface area contributed by atoms with E-state index >= 15 is 0 Å². The smallest absolute Gasteiger partial charge is 0.240 e. The van der Waals surface area contributed by atoms with Crippen molar-refractivity contribution in [3.8, 4) is 11.5 Å². The molecule has 2 aromatic carbocycles. The lowest BCUT2D eigenvalue weighted by molar-refractivity contribution is -0.115. The van der Waals surface area contributed by atoms with Crippen LogP contribution in [-0.2, 0) is 21.2 Å². The van der Waals surface area contributed by atoms with Gasteiger partial charge in [-0.25, -0.2) is 13.1 Å². The molecule has 9 heteroatoms. The number of carbonyl (C=O) groups excluding carboxylic acids is 1. The molecule has 7 nitrogen and oxygen atoms in total. The monoisotopic (exact) mass is 422 g/mol. The van der Waals surface area contributed by atoms with Crippen LogP contribution in [0.3, 0.4) is 0 Å². The average molecular weight is 423 g/mol. The predicted octanol–water partition coefficient (Wildman–Crippen LogP) is 2.66. The van der Waals surface area contributed by atoms with E-state index in [0.29, 0.717) is 23.6 Å². The Kier molecular flexibility index (Phi) is 6.17. The molecule has 0 saturated heterocycles. The Morgan fingerprint density at radius 3 is 2.57 bits per heavy atom. The number of sulfonamides is 1. The van der Waals surface area contributed by atoms with Gasteiger partial charge in [0.25, 0.3) is 0 Å². The SMILES string of the molecule is COc1ccc(CCNS(=O)(=O)c2ccc3c(c2)NC(=O)[C@@H](C)S3)cc1OC. The summed E-state index contributed by atoms with van der Waals surface area (Å²) in [6.07, 6.45) is 0.495. The number of rotatable bonds is 7. The van der Waals surface area contributed by atoms with Crippen LogP contribution in [0.4, 0.5) is 5.69 Å². The minimum atomic E-state index is -3.69. The van der Waals surface area contributed by atoms with Gasteiger partial charge in [0, 0.05) is 11.4 Å². The maximum atomic E-state index is 12.6. The lowest BCUT2D eigenvalue weighted by atomic mass is 10.1. The molecule has 28 heavy (non-hydrogen) atoms. The zero-order valence-corrected chi connectivity index (χ0v) is 17.4. The van der Waals surface area contributed by atoms with Gasteiger partial charge in [0.2, 0.25) is 15.9 Å². The molecule has 3 rings (SSSR count). The number of methoxy groups -OCH3 is 2. The number of anilines is 1. The number of hydrogen-bond acceptors (Lipinski definition) is 6. The van der Waals surface area contributed by atoms with Gasteiger partial charge < -0.3 is 14.8 Å². The molecule has 1 amide bonds. The second-order valence-corrected chi connectivity index (χ2v) is 9.39. The van der Waals surface area contributed by atoms with E-state index in [4.69, 9.17) is 9.47 Å². The van der Waals surface area contributed by atoms with Crippen molar-refractivity contribution in [1.29, 1.82) is 0 Å². The van der Waals surface area contributed by atoms with Crippen LogP contribution >= 0.6 is 11.8 Å². The van der Waals surface area contributed by atoms with Crippen LogP contribution in [0.15, 0.2) is 46.2 Å². The maximum absolute atomic E-state index is 12.6. The second-order valence-electron chi connectivity index (χ2n) is 6.24. The first-order valence-electron chi connectivity index (χ1n) is 8.66. The minimum absolute atomic E-state index is 0.119. The quantitative estimate of drug-likeness (QED) is 0.713. The van der Waals surface area contributed by atoms with E-state index in [0.717, 1.165) is 10.5 Å². The van der Waals surface area contributed by atoms with E-state index < -0.39 is 10.0 Å². The normalized spacial score (nSPS) is 16.2. The number of amides is 1. The van der Waals surface area contributed by atoms with Crippen molar-refractivity contribution in [2.75, 3.05) is 26.1 Å². The zero-order valence-electron chi connectivity index (χ0n) is 15.8. The number of benzene rings is 2. The number of hydrogen-bond donors (Lipinski definition) is 2. The molecule has 0 unspecified atom stereocenters. The van der Waals surface area contributed by atoms with Crippen molar-refractivity contribution in [1.82, 2.24) is 4.72 Å². The van der Waals surface area contributed by atoms with Gasteiger partial charge in [-0.05, 0) is 49.2 Å². The largest absolute Gasteiger partial charge is 0.493 e. The molecule has 150 valence electrons. The summed E-state index contributed by atoms with van der Waals surface area (Å²) in [6, 6.07) is 10.2. The van der Waals surface area contributed by atoms with Crippen molar-refractivity contribution in [2.24, 2.45) is 0 Å². The van der Waals surface area contributed by atoms with Gasteiger partial charge in [-0.1, -0.05) is 6.07 Å². The van der Waals surface area contributed by atoms with Gasteiger partial charge in [-0.2, -0.15) is 0 Å². The number of carbonyl (C=O) groups is 1. The highest BCUT2D eigenvalue weighted by Crippen LogP contribution is 2.36.